The molecule has 0 atom stereocenters. The van der Waals surface area contributed by atoms with Crippen LogP contribution in [0.5, 0.6) is 0 Å². The Morgan fingerprint density at radius 3 is 2.61 bits per heavy atom. The quantitative estimate of drug-likeness (QED) is 0.549. The lowest BCUT2D eigenvalue weighted by atomic mass is 9.93. The van der Waals surface area contributed by atoms with Gasteiger partial charge in [-0.25, -0.2) is 19.5 Å². The molecule has 4 rings (SSSR count). The third-order valence-corrected chi connectivity index (χ3v) is 4.78. The molecule has 0 aromatic carbocycles. The second-order valence-electron chi connectivity index (χ2n) is 6.97. The van der Waals surface area contributed by atoms with Crippen LogP contribution in [0.1, 0.15) is 13.8 Å². The van der Waals surface area contributed by atoms with Crippen LogP contribution >= 0.6 is 11.6 Å². The van der Waals surface area contributed by atoms with Crippen LogP contribution < -0.4 is 5.32 Å². The Morgan fingerprint density at radius 1 is 1.11 bits per heavy atom. The highest BCUT2D eigenvalue weighted by molar-refractivity contribution is 6.29. The van der Waals surface area contributed by atoms with Gasteiger partial charge in [-0.3, -0.25) is 4.40 Å². The van der Waals surface area contributed by atoms with E-state index >= 15 is 0 Å². The SMILES string of the molecule is CC(C)(CNc1ncc2c(-c3cnc4ncc(Cl)n4c3)ccn2n1)C(F)(F)F. The molecule has 4 aromatic rings. The zero-order valence-corrected chi connectivity index (χ0v) is 15.6. The average Bonchev–Trinajstić information content (AvgIpc) is 3.22. The summed E-state index contributed by atoms with van der Waals surface area (Å²) in [5.41, 5.74) is 0.356. The van der Waals surface area contributed by atoms with Gasteiger partial charge >= 0.3 is 6.18 Å². The molecular weight excluding hydrogens is 395 g/mol. The molecule has 4 heterocycles. The second-order valence-corrected chi connectivity index (χ2v) is 7.36. The Bertz CT molecular complexity index is 1160. The molecular formula is C17H15ClF3N7. The number of aromatic nitrogens is 6. The van der Waals surface area contributed by atoms with Crippen molar-refractivity contribution in [3.8, 4) is 11.1 Å². The Hall–Kier alpha value is -2.88. The van der Waals surface area contributed by atoms with Crippen molar-refractivity contribution in [1.82, 2.24) is 29.0 Å². The fourth-order valence-electron chi connectivity index (χ4n) is 2.61. The molecule has 0 saturated heterocycles. The molecule has 0 fully saturated rings. The van der Waals surface area contributed by atoms with Gasteiger partial charge in [0.2, 0.25) is 11.7 Å². The second kappa shape index (κ2) is 6.33. The number of hydrogen-bond donors (Lipinski definition) is 1. The van der Waals surface area contributed by atoms with Crippen molar-refractivity contribution in [3.05, 3.63) is 42.2 Å². The fourth-order valence-corrected chi connectivity index (χ4v) is 2.78. The molecule has 11 heteroatoms. The first kappa shape index (κ1) is 18.5. The first-order valence-electron chi connectivity index (χ1n) is 8.30. The van der Waals surface area contributed by atoms with E-state index in [1.54, 1.807) is 33.7 Å². The lowest BCUT2D eigenvalue weighted by Gasteiger charge is -2.27. The van der Waals surface area contributed by atoms with Gasteiger partial charge in [-0.05, 0) is 19.9 Å². The Morgan fingerprint density at radius 2 is 1.86 bits per heavy atom. The monoisotopic (exact) mass is 409 g/mol. The first-order valence-corrected chi connectivity index (χ1v) is 8.67. The van der Waals surface area contributed by atoms with Gasteiger partial charge in [-0.15, -0.1) is 5.10 Å². The van der Waals surface area contributed by atoms with Crippen LogP contribution in [0.15, 0.2) is 37.1 Å². The molecule has 0 saturated carbocycles. The molecule has 0 aliphatic rings. The summed E-state index contributed by atoms with van der Waals surface area (Å²) in [5.74, 6) is 0.588. The van der Waals surface area contributed by atoms with Gasteiger partial charge in [-0.1, -0.05) is 11.6 Å². The highest BCUT2D eigenvalue weighted by Gasteiger charge is 2.47. The van der Waals surface area contributed by atoms with Crippen LogP contribution in [-0.2, 0) is 0 Å². The van der Waals surface area contributed by atoms with Crippen LogP contribution in [0.4, 0.5) is 19.1 Å². The van der Waals surface area contributed by atoms with E-state index in [1.165, 1.54) is 6.20 Å². The fraction of sp³-hybridized carbons (Fsp3) is 0.294. The van der Waals surface area contributed by atoms with Crippen LogP contribution in [0, 0.1) is 5.41 Å². The van der Waals surface area contributed by atoms with Crippen LogP contribution in [-0.4, -0.2) is 41.7 Å². The summed E-state index contributed by atoms with van der Waals surface area (Å²) in [6.45, 7) is 1.91. The normalized spacial score (nSPS) is 12.8. The number of rotatable bonds is 4. The first-order chi connectivity index (χ1) is 13.2. The van der Waals surface area contributed by atoms with E-state index in [2.05, 4.69) is 25.4 Å². The van der Waals surface area contributed by atoms with Crippen molar-refractivity contribution in [1.29, 1.82) is 0 Å². The minimum atomic E-state index is -4.33. The summed E-state index contributed by atoms with van der Waals surface area (Å²) in [7, 11) is 0. The van der Waals surface area contributed by atoms with Gasteiger partial charge in [-0.2, -0.15) is 13.2 Å². The Labute approximate surface area is 162 Å². The maximum atomic E-state index is 13.0. The van der Waals surface area contributed by atoms with Crippen molar-refractivity contribution in [2.75, 3.05) is 11.9 Å². The third kappa shape index (κ3) is 3.13. The molecule has 0 aliphatic carbocycles. The minimum absolute atomic E-state index is 0.109. The maximum Gasteiger partial charge on any atom is 0.395 e. The minimum Gasteiger partial charge on any atom is -0.352 e. The van der Waals surface area contributed by atoms with E-state index in [1.807, 2.05) is 6.07 Å². The van der Waals surface area contributed by atoms with Crippen LogP contribution in [0.25, 0.3) is 22.4 Å². The van der Waals surface area contributed by atoms with E-state index in [-0.39, 0.29) is 12.5 Å². The Kier molecular flexibility index (Phi) is 4.18. The van der Waals surface area contributed by atoms with Gasteiger partial charge in [0.15, 0.2) is 0 Å². The number of halogens is 4. The number of alkyl halides is 3. The zero-order valence-electron chi connectivity index (χ0n) is 14.9. The molecule has 4 aromatic heterocycles. The van der Waals surface area contributed by atoms with E-state index < -0.39 is 11.6 Å². The number of anilines is 1. The number of fused-ring (bicyclic) bond motifs is 2. The molecule has 0 unspecified atom stereocenters. The van der Waals surface area contributed by atoms with Crippen molar-refractivity contribution in [2.45, 2.75) is 20.0 Å². The molecule has 1 N–H and O–H groups in total. The summed E-state index contributed by atoms with van der Waals surface area (Å²) in [5, 5.41) is 7.33. The van der Waals surface area contributed by atoms with E-state index in [9.17, 15) is 13.2 Å². The predicted octanol–water partition coefficient (Wildman–Crippen LogP) is 4.09. The molecule has 28 heavy (non-hydrogen) atoms. The smallest absolute Gasteiger partial charge is 0.352 e. The van der Waals surface area contributed by atoms with Crippen molar-refractivity contribution in [3.63, 3.8) is 0 Å². The Balaban J connectivity index is 1.63. The highest BCUT2D eigenvalue weighted by atomic mass is 35.5. The zero-order chi connectivity index (χ0) is 20.1. The molecule has 7 nitrogen and oxygen atoms in total. The molecule has 0 amide bonds. The maximum absolute atomic E-state index is 13.0. The summed E-state index contributed by atoms with van der Waals surface area (Å²) < 4.78 is 42.2. The van der Waals surface area contributed by atoms with Crippen molar-refractivity contribution in [2.24, 2.45) is 5.41 Å². The summed E-state index contributed by atoms with van der Waals surface area (Å²) in [4.78, 5) is 12.5. The number of nitrogens with zero attached hydrogens (tertiary/aromatic N) is 6. The van der Waals surface area contributed by atoms with Crippen molar-refractivity contribution < 1.29 is 13.2 Å². The number of imidazole rings is 1. The third-order valence-electron chi connectivity index (χ3n) is 4.50. The summed E-state index contributed by atoms with van der Waals surface area (Å²) >= 11 is 6.09. The topological polar surface area (TPSA) is 72.4 Å². The molecule has 0 aliphatic heterocycles. The largest absolute Gasteiger partial charge is 0.395 e. The van der Waals surface area contributed by atoms with Gasteiger partial charge in [0.1, 0.15) is 5.15 Å². The van der Waals surface area contributed by atoms with Gasteiger partial charge in [0.25, 0.3) is 0 Å². The van der Waals surface area contributed by atoms with E-state index in [0.717, 1.165) is 25.0 Å². The van der Waals surface area contributed by atoms with E-state index in [4.69, 9.17) is 11.6 Å². The van der Waals surface area contributed by atoms with Crippen LogP contribution in [0.3, 0.4) is 0 Å². The van der Waals surface area contributed by atoms with Gasteiger partial charge < -0.3 is 5.32 Å². The molecule has 0 radical (unpaired) electrons. The van der Waals surface area contributed by atoms with Crippen molar-refractivity contribution >= 4 is 28.8 Å². The number of hydrogen-bond acceptors (Lipinski definition) is 5. The highest BCUT2D eigenvalue weighted by Crippen LogP contribution is 2.37. The summed E-state index contributed by atoms with van der Waals surface area (Å²) in [6.07, 6.45) is 3.88. The van der Waals surface area contributed by atoms with Crippen LogP contribution in [0.2, 0.25) is 5.15 Å². The standard InChI is InChI=1S/C17H15ClF3N7/c1-16(2,17(19,20)21)9-25-14-22-6-12-11(3-4-28(12)26-14)10-5-23-15-24-7-13(18)27(15)8-10/h3-8H,9H2,1-2H3,(H,25,26). The molecule has 146 valence electrons. The van der Waals surface area contributed by atoms with Gasteiger partial charge in [0.05, 0.1) is 23.3 Å². The predicted molar refractivity (Wildman–Crippen MR) is 98.3 cm³/mol. The lowest BCUT2D eigenvalue weighted by Crippen LogP contribution is -2.38. The van der Waals surface area contributed by atoms with Gasteiger partial charge in [0, 0.05) is 36.3 Å². The number of nitrogens with one attached hydrogen (secondary N) is 1. The average molecular weight is 410 g/mol. The molecule has 0 bridgehead atoms. The molecule has 0 spiro atoms. The lowest BCUT2D eigenvalue weighted by molar-refractivity contribution is -0.206. The van der Waals surface area contributed by atoms with E-state index in [0.29, 0.717) is 16.4 Å². The summed E-state index contributed by atoms with van der Waals surface area (Å²) in [6, 6.07) is 1.82.